The standard InChI is InChI=1S/C14H18ClNO/c15-13(11-7-3-1-4-8-11)14(17)16-12-9-5-2-6-10-12/h1,3-4,7-8,12-13H,2,5-6,9-10H2,(H,16,17). The molecule has 0 spiro atoms. The Hall–Kier alpha value is -1.02. The molecule has 1 aromatic carbocycles. The molecule has 1 saturated carbocycles. The molecule has 1 aliphatic rings. The van der Waals surface area contributed by atoms with Crippen molar-refractivity contribution >= 4 is 17.5 Å². The van der Waals surface area contributed by atoms with Gasteiger partial charge in [-0.1, -0.05) is 49.6 Å². The van der Waals surface area contributed by atoms with Crippen LogP contribution in [-0.2, 0) is 4.79 Å². The van der Waals surface area contributed by atoms with Crippen LogP contribution in [0.15, 0.2) is 30.3 Å². The fourth-order valence-corrected chi connectivity index (χ4v) is 2.50. The van der Waals surface area contributed by atoms with E-state index in [1.54, 1.807) is 0 Å². The molecule has 92 valence electrons. The molecule has 0 aliphatic heterocycles. The van der Waals surface area contributed by atoms with Gasteiger partial charge in [-0.25, -0.2) is 0 Å². The summed E-state index contributed by atoms with van der Waals surface area (Å²) < 4.78 is 0. The van der Waals surface area contributed by atoms with E-state index >= 15 is 0 Å². The molecule has 2 rings (SSSR count). The lowest BCUT2D eigenvalue weighted by atomic mass is 9.95. The van der Waals surface area contributed by atoms with Crippen LogP contribution in [-0.4, -0.2) is 11.9 Å². The third kappa shape index (κ3) is 3.47. The van der Waals surface area contributed by atoms with Crippen molar-refractivity contribution in [3.05, 3.63) is 35.9 Å². The minimum Gasteiger partial charge on any atom is -0.352 e. The van der Waals surface area contributed by atoms with Crippen LogP contribution in [0, 0.1) is 0 Å². The van der Waals surface area contributed by atoms with Gasteiger partial charge in [0.1, 0.15) is 5.38 Å². The number of hydrogen-bond donors (Lipinski definition) is 1. The Morgan fingerprint density at radius 2 is 1.82 bits per heavy atom. The SMILES string of the molecule is O=C(NC1CCCCC1)C(Cl)c1ccccc1. The van der Waals surface area contributed by atoms with Crippen LogP contribution in [0.1, 0.15) is 43.0 Å². The highest BCUT2D eigenvalue weighted by Crippen LogP contribution is 2.22. The summed E-state index contributed by atoms with van der Waals surface area (Å²) in [5.41, 5.74) is 0.863. The van der Waals surface area contributed by atoms with Gasteiger partial charge < -0.3 is 5.32 Å². The summed E-state index contributed by atoms with van der Waals surface area (Å²) in [5.74, 6) is -0.0650. The Labute approximate surface area is 107 Å². The van der Waals surface area contributed by atoms with Gasteiger partial charge in [-0.05, 0) is 18.4 Å². The number of hydrogen-bond acceptors (Lipinski definition) is 1. The average Bonchev–Trinajstić information content (AvgIpc) is 2.40. The van der Waals surface area contributed by atoms with Gasteiger partial charge >= 0.3 is 0 Å². The van der Waals surface area contributed by atoms with Gasteiger partial charge in [0, 0.05) is 6.04 Å². The van der Waals surface area contributed by atoms with Crippen LogP contribution in [0.3, 0.4) is 0 Å². The van der Waals surface area contributed by atoms with E-state index in [2.05, 4.69) is 5.32 Å². The van der Waals surface area contributed by atoms with Crippen molar-refractivity contribution in [2.75, 3.05) is 0 Å². The molecule has 1 aliphatic carbocycles. The van der Waals surface area contributed by atoms with Crippen molar-refractivity contribution in [2.24, 2.45) is 0 Å². The summed E-state index contributed by atoms with van der Waals surface area (Å²) in [7, 11) is 0. The molecular formula is C14H18ClNO. The van der Waals surface area contributed by atoms with Crippen LogP contribution in [0.2, 0.25) is 0 Å². The van der Waals surface area contributed by atoms with Crippen molar-refractivity contribution in [2.45, 2.75) is 43.5 Å². The molecule has 2 nitrogen and oxygen atoms in total. The first-order valence-electron chi connectivity index (χ1n) is 6.27. The molecule has 0 aromatic heterocycles. The number of amides is 1. The molecule has 1 aromatic rings. The molecular weight excluding hydrogens is 234 g/mol. The molecule has 1 fully saturated rings. The maximum atomic E-state index is 12.0. The van der Waals surface area contributed by atoms with E-state index in [0.717, 1.165) is 18.4 Å². The predicted octanol–water partition coefficient (Wildman–Crippen LogP) is 3.42. The van der Waals surface area contributed by atoms with E-state index in [1.807, 2.05) is 30.3 Å². The van der Waals surface area contributed by atoms with Crippen LogP contribution in [0.5, 0.6) is 0 Å². The molecule has 0 heterocycles. The Balaban J connectivity index is 1.91. The van der Waals surface area contributed by atoms with Gasteiger partial charge in [0.25, 0.3) is 0 Å². The number of nitrogens with one attached hydrogen (secondary N) is 1. The number of halogens is 1. The molecule has 3 heteroatoms. The molecule has 1 unspecified atom stereocenters. The topological polar surface area (TPSA) is 29.1 Å². The zero-order valence-corrected chi connectivity index (χ0v) is 10.6. The van der Waals surface area contributed by atoms with Crippen LogP contribution >= 0.6 is 11.6 Å². The summed E-state index contributed by atoms with van der Waals surface area (Å²) in [4.78, 5) is 12.0. The monoisotopic (exact) mass is 251 g/mol. The van der Waals surface area contributed by atoms with Gasteiger partial charge in [-0.15, -0.1) is 11.6 Å². The molecule has 1 atom stereocenters. The zero-order valence-electron chi connectivity index (χ0n) is 9.86. The Morgan fingerprint density at radius 3 is 2.47 bits per heavy atom. The van der Waals surface area contributed by atoms with Crippen molar-refractivity contribution in [3.8, 4) is 0 Å². The smallest absolute Gasteiger partial charge is 0.242 e. The molecule has 0 bridgehead atoms. The average molecular weight is 252 g/mol. The summed E-state index contributed by atoms with van der Waals surface area (Å²) in [5, 5.41) is 2.48. The number of carbonyl (C=O) groups is 1. The van der Waals surface area contributed by atoms with Crippen molar-refractivity contribution in [1.82, 2.24) is 5.32 Å². The van der Waals surface area contributed by atoms with Gasteiger partial charge in [0.05, 0.1) is 0 Å². The first-order chi connectivity index (χ1) is 8.27. The largest absolute Gasteiger partial charge is 0.352 e. The first-order valence-corrected chi connectivity index (χ1v) is 6.70. The van der Waals surface area contributed by atoms with E-state index in [1.165, 1.54) is 19.3 Å². The minimum absolute atomic E-state index is 0.0650. The maximum Gasteiger partial charge on any atom is 0.242 e. The zero-order chi connectivity index (χ0) is 12.1. The van der Waals surface area contributed by atoms with Crippen molar-refractivity contribution in [3.63, 3.8) is 0 Å². The van der Waals surface area contributed by atoms with E-state index in [-0.39, 0.29) is 5.91 Å². The summed E-state index contributed by atoms with van der Waals surface area (Å²) in [6.45, 7) is 0. The summed E-state index contributed by atoms with van der Waals surface area (Å²) in [6, 6.07) is 9.82. The third-order valence-corrected chi connectivity index (χ3v) is 3.72. The number of alkyl halides is 1. The third-order valence-electron chi connectivity index (χ3n) is 3.27. The fourth-order valence-electron chi connectivity index (χ4n) is 2.29. The van der Waals surface area contributed by atoms with Gasteiger partial charge in [0.15, 0.2) is 0 Å². The normalized spacial score (nSPS) is 18.6. The van der Waals surface area contributed by atoms with Crippen LogP contribution in [0.25, 0.3) is 0 Å². The second kappa shape index (κ2) is 6.06. The van der Waals surface area contributed by atoms with Crippen LogP contribution in [0.4, 0.5) is 0 Å². The first kappa shape index (κ1) is 12.4. The molecule has 0 radical (unpaired) electrons. The summed E-state index contributed by atoms with van der Waals surface area (Å²) >= 11 is 6.16. The number of carbonyl (C=O) groups excluding carboxylic acids is 1. The highest BCUT2D eigenvalue weighted by atomic mass is 35.5. The lowest BCUT2D eigenvalue weighted by molar-refractivity contribution is -0.121. The van der Waals surface area contributed by atoms with E-state index < -0.39 is 5.38 Å². The Morgan fingerprint density at radius 1 is 1.18 bits per heavy atom. The highest BCUT2D eigenvalue weighted by molar-refractivity contribution is 6.30. The lowest BCUT2D eigenvalue weighted by Gasteiger charge is -2.24. The molecule has 0 saturated heterocycles. The van der Waals surface area contributed by atoms with Crippen molar-refractivity contribution < 1.29 is 4.79 Å². The van der Waals surface area contributed by atoms with Crippen LogP contribution < -0.4 is 5.32 Å². The molecule has 17 heavy (non-hydrogen) atoms. The molecule has 1 N–H and O–H groups in total. The number of rotatable bonds is 3. The second-order valence-corrected chi connectivity index (χ2v) is 5.05. The Kier molecular flexibility index (Phi) is 4.43. The van der Waals surface area contributed by atoms with Gasteiger partial charge in [0.2, 0.25) is 5.91 Å². The predicted molar refractivity (Wildman–Crippen MR) is 70.1 cm³/mol. The maximum absolute atomic E-state index is 12.0. The van der Waals surface area contributed by atoms with E-state index in [4.69, 9.17) is 11.6 Å². The Bertz CT molecular complexity index is 360. The van der Waals surface area contributed by atoms with E-state index in [0.29, 0.717) is 6.04 Å². The minimum atomic E-state index is -0.571. The van der Waals surface area contributed by atoms with Crippen molar-refractivity contribution in [1.29, 1.82) is 0 Å². The second-order valence-electron chi connectivity index (χ2n) is 4.62. The lowest BCUT2D eigenvalue weighted by Crippen LogP contribution is -2.38. The summed E-state index contributed by atoms with van der Waals surface area (Å²) in [6.07, 6.45) is 5.89. The van der Waals surface area contributed by atoms with Gasteiger partial charge in [-0.2, -0.15) is 0 Å². The quantitative estimate of drug-likeness (QED) is 0.820. The molecule has 1 amide bonds. The number of benzene rings is 1. The van der Waals surface area contributed by atoms with Gasteiger partial charge in [-0.3, -0.25) is 4.79 Å². The van der Waals surface area contributed by atoms with E-state index in [9.17, 15) is 4.79 Å². The fraction of sp³-hybridized carbons (Fsp3) is 0.500. The highest BCUT2D eigenvalue weighted by Gasteiger charge is 2.21.